The average Bonchev–Trinajstić information content (AvgIpc) is 4.11. The summed E-state index contributed by atoms with van der Waals surface area (Å²) in [6, 6.07) is 18.3. The number of aromatic amines is 1. The lowest BCUT2D eigenvalue weighted by atomic mass is 9.98. The minimum Gasteiger partial charge on any atom is -0.370 e. The van der Waals surface area contributed by atoms with Gasteiger partial charge in [-0.1, -0.05) is 66.7 Å². The van der Waals surface area contributed by atoms with Gasteiger partial charge in [0.25, 0.3) is 11.8 Å². The molecule has 9 rings (SSSR count). The van der Waals surface area contributed by atoms with Crippen molar-refractivity contribution in [1.29, 1.82) is 0 Å². The van der Waals surface area contributed by atoms with E-state index in [1.54, 1.807) is 29.2 Å². The van der Waals surface area contributed by atoms with E-state index in [1.165, 1.54) is 21.9 Å². The number of benzene rings is 4. The molecule has 1 unspecified atom stereocenters. The molecule has 0 aliphatic carbocycles. The zero-order chi connectivity index (χ0) is 54.2. The van der Waals surface area contributed by atoms with Crippen LogP contribution >= 0.6 is 7.60 Å². The first-order chi connectivity index (χ1) is 36.2. The van der Waals surface area contributed by atoms with Crippen LogP contribution in [0.4, 0.5) is 13.2 Å². The van der Waals surface area contributed by atoms with Crippen molar-refractivity contribution in [3.63, 3.8) is 0 Å². The number of alkyl halides is 2. The maximum Gasteiger partial charge on any atom is 0.399 e. The molecule has 0 radical (unpaired) electrons. The maximum absolute atomic E-state index is 16.1. The zero-order valence-electron chi connectivity index (χ0n) is 40.5. The number of primary amides is 1. The highest BCUT2D eigenvalue weighted by atomic mass is 31.2. The van der Waals surface area contributed by atoms with Crippen LogP contribution in [-0.2, 0) is 52.1 Å². The number of hydrogen-bond acceptors (Lipinski definition) is 10. The zero-order valence-corrected chi connectivity index (χ0v) is 41.4. The number of nitrogens with one attached hydrogen (secondary N) is 5. The molecule has 3 fully saturated rings. The standard InChI is InChI=1S/C52H53F3N9O11P/c53-36-23-31-26-63(41-16-18-44(66)60-48(41)69)50(71)35(31)22-32(36)25-62-20-19-34-12-15-42(49(70)58-38(14-17-43(56)65)46(67)61-45(28-7-3-1-4-8-28)29-9-5-2-6-10-29)64(34)51(72)40(27-62)59-47(68)39-24-30-21-33(11-13-37(30)57-39)52(54,55)76(73,74)75/h1-11,13,21-24,34,38,40-42,45,57H,12,14-20,25-27H2,(H2,56,65)(H,58,70)(H,59,68)(H,61,67)(H,60,66,69)(H2,73,74,75)/t34-,38+,40+,41?,42+/m1/s1. The van der Waals surface area contributed by atoms with Crippen molar-refractivity contribution >= 4 is 65.8 Å². The summed E-state index contributed by atoms with van der Waals surface area (Å²) in [5.74, 6) is -6.10. The van der Waals surface area contributed by atoms with Crippen LogP contribution in [0.2, 0.25) is 0 Å². The van der Waals surface area contributed by atoms with Crippen molar-refractivity contribution in [2.24, 2.45) is 5.73 Å². The Morgan fingerprint density at radius 1 is 0.868 bits per heavy atom. The molecule has 0 bridgehead atoms. The topological polar surface area (TPSA) is 294 Å². The van der Waals surface area contributed by atoms with Gasteiger partial charge >= 0.3 is 13.3 Å². The van der Waals surface area contributed by atoms with Gasteiger partial charge in [-0.25, -0.2) is 4.39 Å². The Kier molecular flexibility index (Phi) is 15.0. The summed E-state index contributed by atoms with van der Waals surface area (Å²) in [6.07, 6.45) is 0.277. The fourth-order valence-electron chi connectivity index (χ4n) is 10.5. The molecule has 5 atom stereocenters. The van der Waals surface area contributed by atoms with Crippen LogP contribution in [0.3, 0.4) is 0 Å². The lowest BCUT2D eigenvalue weighted by Crippen LogP contribution is -2.61. The molecule has 398 valence electrons. The summed E-state index contributed by atoms with van der Waals surface area (Å²) in [4.78, 5) is 134. The predicted octanol–water partition coefficient (Wildman–Crippen LogP) is 3.32. The van der Waals surface area contributed by atoms with Crippen molar-refractivity contribution < 1.29 is 65.9 Å². The van der Waals surface area contributed by atoms with Gasteiger partial charge in [0, 0.05) is 72.7 Å². The van der Waals surface area contributed by atoms with E-state index in [1.807, 2.05) is 36.4 Å². The first-order valence-electron chi connectivity index (χ1n) is 24.5. The molecule has 76 heavy (non-hydrogen) atoms. The fourth-order valence-corrected chi connectivity index (χ4v) is 11.0. The molecule has 24 heteroatoms. The second-order valence-electron chi connectivity index (χ2n) is 19.4. The molecule has 9 N–H and O–H groups in total. The van der Waals surface area contributed by atoms with Gasteiger partial charge in [-0.05, 0) is 79.1 Å². The summed E-state index contributed by atoms with van der Waals surface area (Å²) in [6.45, 7) is -0.392. The number of nitrogens with zero attached hydrogens (tertiary/aromatic N) is 3. The number of fused-ring (bicyclic) bond motifs is 3. The molecule has 20 nitrogen and oxygen atoms in total. The molecule has 4 aliphatic rings. The number of carbonyl (C=O) groups is 8. The summed E-state index contributed by atoms with van der Waals surface area (Å²) in [5, 5.41) is 10.7. The minimum atomic E-state index is -5.95. The Hall–Kier alpha value is -7.72. The van der Waals surface area contributed by atoms with E-state index in [0.29, 0.717) is 5.56 Å². The Morgan fingerprint density at radius 2 is 1.57 bits per heavy atom. The fraction of sp³-hybridized carbons (Fsp3) is 0.346. The van der Waals surface area contributed by atoms with Gasteiger partial charge in [-0.15, -0.1) is 0 Å². The largest absolute Gasteiger partial charge is 0.399 e. The summed E-state index contributed by atoms with van der Waals surface area (Å²) < 4.78 is 57.2. The molecular formula is C52H53F3N9O11P. The van der Waals surface area contributed by atoms with Gasteiger partial charge in [0.15, 0.2) is 0 Å². The summed E-state index contributed by atoms with van der Waals surface area (Å²) in [5.41, 5.74) is 1.83. The number of piperidine rings is 1. The lowest BCUT2D eigenvalue weighted by Gasteiger charge is -2.39. The van der Waals surface area contributed by atoms with E-state index >= 15 is 9.18 Å². The molecule has 0 spiro atoms. The average molecular weight is 1070 g/mol. The van der Waals surface area contributed by atoms with E-state index in [4.69, 9.17) is 5.73 Å². The highest BCUT2D eigenvalue weighted by Gasteiger charge is 2.51. The normalized spacial score (nSPS) is 20.7. The van der Waals surface area contributed by atoms with E-state index < -0.39 is 108 Å². The molecule has 1 aromatic heterocycles. The highest BCUT2D eigenvalue weighted by Crippen LogP contribution is 2.59. The second kappa shape index (κ2) is 21.5. The Morgan fingerprint density at radius 3 is 2.22 bits per heavy atom. The van der Waals surface area contributed by atoms with Crippen LogP contribution in [0.1, 0.15) is 99.7 Å². The molecule has 5 aromatic rings. The quantitative estimate of drug-likeness (QED) is 0.0522. The number of carbonyl (C=O) groups excluding carboxylic acids is 8. The minimum absolute atomic E-state index is 0.0181. The van der Waals surface area contributed by atoms with Crippen molar-refractivity contribution in [3.8, 4) is 0 Å². The first-order valence-corrected chi connectivity index (χ1v) is 26.1. The Bertz CT molecular complexity index is 3150. The van der Waals surface area contributed by atoms with Crippen LogP contribution < -0.4 is 27.0 Å². The third kappa shape index (κ3) is 11.0. The number of rotatable bonds is 16. The Labute approximate surface area is 432 Å². The van der Waals surface area contributed by atoms with E-state index in [2.05, 4.69) is 26.3 Å². The Balaban J connectivity index is 0.986. The number of H-pyrrole nitrogens is 1. The van der Waals surface area contributed by atoms with Gasteiger partial charge < -0.3 is 46.3 Å². The van der Waals surface area contributed by atoms with Gasteiger partial charge in [0.2, 0.25) is 35.4 Å². The number of hydrogen-bond donors (Lipinski definition) is 8. The van der Waals surface area contributed by atoms with Gasteiger partial charge in [-0.2, -0.15) is 8.78 Å². The van der Waals surface area contributed by atoms with Crippen molar-refractivity contribution in [1.82, 2.24) is 41.0 Å². The highest BCUT2D eigenvalue weighted by molar-refractivity contribution is 7.52. The van der Waals surface area contributed by atoms with E-state index in [9.17, 15) is 56.7 Å². The van der Waals surface area contributed by atoms with Gasteiger partial charge in [-0.3, -0.25) is 53.1 Å². The van der Waals surface area contributed by atoms with E-state index in [-0.39, 0.29) is 98.8 Å². The number of amides is 8. The van der Waals surface area contributed by atoms with Crippen LogP contribution in [0.5, 0.6) is 0 Å². The lowest BCUT2D eigenvalue weighted by molar-refractivity contribution is -0.144. The maximum atomic E-state index is 16.1. The molecular weight excluding hydrogens is 1010 g/mol. The third-order valence-corrected chi connectivity index (χ3v) is 15.4. The number of nitrogens with two attached hydrogens (primary N) is 1. The van der Waals surface area contributed by atoms with Crippen LogP contribution in [-0.4, -0.2) is 120 Å². The SMILES string of the molecule is NC(=O)CC[C@H](NC(=O)[C@@H]1CC[C@@H]2CCN(Cc3cc4c(cc3F)CN(C3CCC(=O)NC3=O)C4=O)C[C@H](NC(=O)c3cc4cc(C(F)(F)P(=O)(O)O)ccc4[nH]3)C(=O)N21)C(=O)NC(c1ccccc1)c1ccccc1. The summed E-state index contributed by atoms with van der Waals surface area (Å²) >= 11 is 0. The monoisotopic (exact) mass is 1070 g/mol. The third-order valence-electron chi connectivity index (χ3n) is 14.4. The van der Waals surface area contributed by atoms with Crippen molar-refractivity contribution in [2.45, 2.75) is 99.9 Å². The van der Waals surface area contributed by atoms with Crippen LogP contribution in [0, 0.1) is 5.82 Å². The molecule has 0 saturated carbocycles. The molecule has 4 aliphatic heterocycles. The number of imide groups is 1. The molecule has 5 heterocycles. The molecule has 4 aromatic carbocycles. The predicted molar refractivity (Wildman–Crippen MR) is 265 cm³/mol. The molecule has 3 saturated heterocycles. The van der Waals surface area contributed by atoms with Gasteiger partial charge in [0.1, 0.15) is 35.7 Å². The number of halogens is 3. The van der Waals surface area contributed by atoms with Crippen LogP contribution in [0.15, 0.2) is 97.1 Å². The number of aromatic nitrogens is 1. The van der Waals surface area contributed by atoms with Crippen molar-refractivity contribution in [3.05, 3.63) is 142 Å². The molecule has 8 amide bonds. The van der Waals surface area contributed by atoms with E-state index in [0.717, 1.165) is 35.4 Å². The first kappa shape index (κ1) is 53.1. The second-order valence-corrected chi connectivity index (χ2v) is 21.1. The summed E-state index contributed by atoms with van der Waals surface area (Å²) in [7, 11) is -5.95. The van der Waals surface area contributed by atoms with Crippen LogP contribution in [0.25, 0.3) is 10.9 Å². The smallest absolute Gasteiger partial charge is 0.370 e. The van der Waals surface area contributed by atoms with Gasteiger partial charge in [0.05, 0.1) is 6.04 Å². The van der Waals surface area contributed by atoms with Crippen molar-refractivity contribution in [2.75, 3.05) is 13.1 Å².